The van der Waals surface area contributed by atoms with Crippen molar-refractivity contribution in [3.05, 3.63) is 94.0 Å². The number of nitrogens with one attached hydrogen (secondary N) is 2. The van der Waals surface area contributed by atoms with Crippen molar-refractivity contribution in [1.29, 1.82) is 0 Å². The van der Waals surface area contributed by atoms with E-state index in [4.69, 9.17) is 4.99 Å². The fourth-order valence-electron chi connectivity index (χ4n) is 4.06. The molecule has 37 heavy (non-hydrogen) atoms. The number of non-ortho nitro benzene ring substituents is 1. The predicted molar refractivity (Wildman–Crippen MR) is 142 cm³/mol. The minimum Gasteiger partial charge on any atom is -0.325 e. The number of fused-ring (bicyclic) bond motifs is 1. The van der Waals surface area contributed by atoms with Crippen LogP contribution in [0.2, 0.25) is 0 Å². The molecular formula is C26H27N5O5S. The molecule has 1 atom stereocenters. The molecule has 0 fully saturated rings. The Morgan fingerprint density at radius 1 is 1.08 bits per heavy atom. The Bertz CT molecular complexity index is 1440. The summed E-state index contributed by atoms with van der Waals surface area (Å²) in [5.74, 6) is -1.22. The number of carbonyl (C=O) groups is 1. The van der Waals surface area contributed by atoms with Gasteiger partial charge in [-0.25, -0.2) is 13.1 Å². The number of nitro benzene ring substituents is 1. The van der Waals surface area contributed by atoms with Gasteiger partial charge in [0, 0.05) is 29.9 Å². The van der Waals surface area contributed by atoms with E-state index in [0.29, 0.717) is 41.2 Å². The highest BCUT2D eigenvalue weighted by molar-refractivity contribution is 7.89. The molecule has 1 aliphatic rings. The highest BCUT2D eigenvalue weighted by Crippen LogP contribution is 2.38. The van der Waals surface area contributed by atoms with Gasteiger partial charge in [0.1, 0.15) is 5.92 Å². The number of nitro groups is 1. The van der Waals surface area contributed by atoms with Crippen molar-refractivity contribution >= 4 is 38.7 Å². The van der Waals surface area contributed by atoms with Crippen LogP contribution in [0.15, 0.2) is 82.7 Å². The van der Waals surface area contributed by atoms with Crippen molar-refractivity contribution in [3.63, 3.8) is 0 Å². The van der Waals surface area contributed by atoms with Crippen LogP contribution < -0.4 is 10.0 Å². The lowest BCUT2D eigenvalue weighted by Crippen LogP contribution is -2.27. The van der Waals surface area contributed by atoms with Gasteiger partial charge < -0.3 is 10.2 Å². The van der Waals surface area contributed by atoms with Crippen molar-refractivity contribution in [3.8, 4) is 0 Å². The Hall–Kier alpha value is -3.93. The quantitative estimate of drug-likeness (QED) is 0.181. The van der Waals surface area contributed by atoms with Gasteiger partial charge in [0.05, 0.1) is 21.2 Å². The number of anilines is 1. The maximum Gasteiger partial charge on any atom is 0.269 e. The van der Waals surface area contributed by atoms with Crippen molar-refractivity contribution in [1.82, 2.24) is 9.62 Å². The summed E-state index contributed by atoms with van der Waals surface area (Å²) in [4.78, 5) is 30.7. The summed E-state index contributed by atoms with van der Waals surface area (Å²) in [7, 11) is 0.168. The number of sulfonamides is 1. The van der Waals surface area contributed by atoms with Crippen LogP contribution in [-0.2, 0) is 14.8 Å². The van der Waals surface area contributed by atoms with Gasteiger partial charge in [0.15, 0.2) is 0 Å². The molecule has 192 valence electrons. The highest BCUT2D eigenvalue weighted by Gasteiger charge is 2.36. The predicted octanol–water partition coefficient (Wildman–Crippen LogP) is 3.68. The molecule has 0 aromatic heterocycles. The third kappa shape index (κ3) is 6.08. The van der Waals surface area contributed by atoms with Gasteiger partial charge >= 0.3 is 0 Å². The number of hydrogen-bond acceptors (Lipinski definition) is 7. The molecule has 11 heteroatoms. The standard InChI is InChI=1S/C26H27N5O5S/c1-30(2)16-6-15-27-37(35,36)21-12-9-19(10-13-21)28-25(18-7-4-3-5-8-18)24-22-17-20(31(33)34)11-14-23(22)29-26(24)32/h3-5,7-14,17,24,27H,6,15-16H2,1-2H3,(H,29,32). The fourth-order valence-corrected chi connectivity index (χ4v) is 5.14. The van der Waals surface area contributed by atoms with Crippen LogP contribution in [0.5, 0.6) is 0 Å². The van der Waals surface area contributed by atoms with E-state index >= 15 is 0 Å². The van der Waals surface area contributed by atoms with E-state index in [2.05, 4.69) is 10.0 Å². The zero-order valence-corrected chi connectivity index (χ0v) is 21.2. The van der Waals surface area contributed by atoms with Crippen LogP contribution in [-0.4, -0.2) is 57.0 Å². The van der Waals surface area contributed by atoms with Crippen LogP contribution >= 0.6 is 0 Å². The first-order valence-corrected chi connectivity index (χ1v) is 13.1. The smallest absolute Gasteiger partial charge is 0.269 e. The molecule has 0 saturated carbocycles. The highest BCUT2D eigenvalue weighted by atomic mass is 32.2. The summed E-state index contributed by atoms with van der Waals surface area (Å²) in [5.41, 5.74) is 2.34. The number of nitrogens with zero attached hydrogens (tertiary/aromatic N) is 3. The second kappa shape index (κ2) is 11.0. The van der Waals surface area contributed by atoms with E-state index in [1.54, 1.807) is 24.3 Å². The van der Waals surface area contributed by atoms with E-state index in [1.807, 2.05) is 37.2 Å². The SMILES string of the molecule is CN(C)CCCNS(=O)(=O)c1ccc(N=C(c2ccccc2)C2C(=O)Nc3ccc([N+](=O)[O-])cc32)cc1. The molecule has 0 bridgehead atoms. The molecular weight excluding hydrogens is 494 g/mol. The van der Waals surface area contributed by atoms with Gasteiger partial charge in [-0.15, -0.1) is 0 Å². The van der Waals surface area contributed by atoms with Crippen molar-refractivity contribution < 1.29 is 18.1 Å². The fraction of sp³-hybridized carbons (Fsp3) is 0.231. The molecule has 0 radical (unpaired) electrons. The minimum absolute atomic E-state index is 0.108. The molecule has 3 aromatic rings. The molecule has 4 rings (SSSR count). The van der Waals surface area contributed by atoms with Crippen LogP contribution in [0.25, 0.3) is 0 Å². The van der Waals surface area contributed by atoms with E-state index in [0.717, 1.165) is 6.54 Å². The van der Waals surface area contributed by atoms with Gasteiger partial charge in [-0.1, -0.05) is 30.3 Å². The Labute approximate surface area is 215 Å². The first-order valence-electron chi connectivity index (χ1n) is 11.6. The van der Waals surface area contributed by atoms with Crippen molar-refractivity contribution in [2.24, 2.45) is 4.99 Å². The van der Waals surface area contributed by atoms with Crippen molar-refractivity contribution in [2.75, 3.05) is 32.5 Å². The summed E-state index contributed by atoms with van der Waals surface area (Å²) in [6, 6.07) is 19.4. The zero-order valence-electron chi connectivity index (χ0n) is 20.4. The van der Waals surface area contributed by atoms with Crippen LogP contribution in [0, 0.1) is 10.1 Å². The summed E-state index contributed by atoms with van der Waals surface area (Å²) < 4.78 is 27.9. The molecule has 1 amide bonds. The maximum atomic E-state index is 13.0. The summed E-state index contributed by atoms with van der Waals surface area (Å²) in [6.07, 6.45) is 0.679. The summed E-state index contributed by atoms with van der Waals surface area (Å²) in [6.45, 7) is 1.08. The lowest BCUT2D eigenvalue weighted by atomic mass is 9.90. The Morgan fingerprint density at radius 2 is 1.78 bits per heavy atom. The van der Waals surface area contributed by atoms with E-state index in [1.165, 1.54) is 30.3 Å². The minimum atomic E-state index is -3.68. The number of aliphatic imine (C=N–C) groups is 1. The number of benzene rings is 3. The van der Waals surface area contributed by atoms with Gasteiger partial charge in [-0.2, -0.15) is 0 Å². The molecule has 2 N–H and O–H groups in total. The normalized spacial score (nSPS) is 15.5. The van der Waals surface area contributed by atoms with E-state index in [-0.39, 0.29) is 16.5 Å². The van der Waals surface area contributed by atoms with E-state index in [9.17, 15) is 23.3 Å². The molecule has 10 nitrogen and oxygen atoms in total. The molecule has 0 aliphatic carbocycles. The van der Waals surface area contributed by atoms with Crippen LogP contribution in [0.3, 0.4) is 0 Å². The molecule has 1 unspecified atom stereocenters. The maximum absolute atomic E-state index is 13.0. The Morgan fingerprint density at radius 3 is 2.43 bits per heavy atom. The molecule has 0 spiro atoms. The lowest BCUT2D eigenvalue weighted by molar-refractivity contribution is -0.384. The van der Waals surface area contributed by atoms with Crippen molar-refractivity contribution in [2.45, 2.75) is 17.2 Å². The summed E-state index contributed by atoms with van der Waals surface area (Å²) >= 11 is 0. The average Bonchev–Trinajstić information content (AvgIpc) is 3.20. The number of hydrogen-bond donors (Lipinski definition) is 2. The largest absolute Gasteiger partial charge is 0.325 e. The van der Waals surface area contributed by atoms with Gasteiger partial charge in [0.25, 0.3) is 5.69 Å². The summed E-state index contributed by atoms with van der Waals surface area (Å²) in [5, 5.41) is 14.1. The third-order valence-corrected chi connectivity index (χ3v) is 7.37. The third-order valence-electron chi connectivity index (χ3n) is 5.89. The van der Waals surface area contributed by atoms with Gasteiger partial charge in [0.2, 0.25) is 15.9 Å². The number of amides is 1. The second-order valence-electron chi connectivity index (χ2n) is 8.86. The Balaban J connectivity index is 1.67. The molecule has 0 saturated heterocycles. The lowest BCUT2D eigenvalue weighted by Gasteiger charge is -2.14. The average molecular weight is 522 g/mol. The molecule has 1 heterocycles. The van der Waals surface area contributed by atoms with Gasteiger partial charge in [-0.3, -0.25) is 19.9 Å². The monoisotopic (exact) mass is 521 g/mol. The molecule has 3 aromatic carbocycles. The zero-order chi connectivity index (χ0) is 26.6. The number of carbonyl (C=O) groups excluding carboxylic acids is 1. The Kier molecular flexibility index (Phi) is 7.77. The molecule has 1 aliphatic heterocycles. The number of rotatable bonds is 10. The van der Waals surface area contributed by atoms with Gasteiger partial charge in [-0.05, 0) is 63.0 Å². The first kappa shape index (κ1) is 26.1. The topological polar surface area (TPSA) is 134 Å². The first-order chi connectivity index (χ1) is 17.7. The van der Waals surface area contributed by atoms with E-state index < -0.39 is 20.9 Å². The second-order valence-corrected chi connectivity index (χ2v) is 10.6. The van der Waals surface area contributed by atoms with Crippen LogP contribution in [0.4, 0.5) is 17.1 Å². The van der Waals surface area contributed by atoms with Crippen LogP contribution in [0.1, 0.15) is 23.5 Å².